The minimum Gasteiger partial charge on any atom is -0.507 e. The van der Waals surface area contributed by atoms with Gasteiger partial charge < -0.3 is 18.9 Å². The monoisotopic (exact) mass is 457 g/mol. The number of phenols is 1. The smallest absolute Gasteiger partial charge is 0.250 e. The fourth-order valence-corrected chi connectivity index (χ4v) is 5.76. The van der Waals surface area contributed by atoms with Crippen LogP contribution in [0.2, 0.25) is 0 Å². The maximum absolute atomic E-state index is 12.3. The molecule has 1 saturated heterocycles. The largest absolute Gasteiger partial charge is 0.507 e. The zero-order valence-corrected chi connectivity index (χ0v) is 19.1. The SMILES string of the molecule is COc1ccccc1Cc1noc2c(CN3C[C@H]4C[C@@H](C3)c3cccc(=O)n3C4)c(O)ccc12. The Kier molecular flexibility index (Phi) is 5.14. The van der Waals surface area contributed by atoms with Crippen LogP contribution < -0.4 is 10.3 Å². The molecule has 7 nitrogen and oxygen atoms in total. The van der Waals surface area contributed by atoms with Crippen LogP contribution in [0.1, 0.15) is 34.9 Å². The van der Waals surface area contributed by atoms with Gasteiger partial charge in [-0.3, -0.25) is 9.69 Å². The normalized spacial score (nSPS) is 19.8. The molecule has 2 aliphatic rings. The highest BCUT2D eigenvalue weighted by molar-refractivity contribution is 5.84. The summed E-state index contributed by atoms with van der Waals surface area (Å²) in [7, 11) is 1.67. The second kappa shape index (κ2) is 8.33. The van der Waals surface area contributed by atoms with Gasteiger partial charge in [0.2, 0.25) is 0 Å². The standard InChI is InChI=1S/C27H27N3O4/c1-33-25-7-3-2-5-18(25)12-22-20-9-10-24(31)21(27(20)34-28-22)16-29-13-17-11-19(15-29)23-6-4-8-26(32)30(23)14-17/h2-10,17,19,31H,11-16H2,1H3/t17-,19+/m1/s1. The molecule has 2 bridgehead atoms. The molecular weight excluding hydrogens is 430 g/mol. The van der Waals surface area contributed by atoms with E-state index in [-0.39, 0.29) is 11.3 Å². The highest BCUT2D eigenvalue weighted by Crippen LogP contribution is 2.38. The molecule has 0 amide bonds. The Balaban J connectivity index is 1.29. The molecule has 6 rings (SSSR count). The first kappa shape index (κ1) is 21.0. The summed E-state index contributed by atoms with van der Waals surface area (Å²) in [5, 5.41) is 16.0. The van der Waals surface area contributed by atoms with E-state index >= 15 is 0 Å². The van der Waals surface area contributed by atoms with E-state index in [9.17, 15) is 9.90 Å². The Hall–Kier alpha value is -3.58. The molecule has 1 N–H and O–H groups in total. The van der Waals surface area contributed by atoms with Crippen LogP contribution in [0.4, 0.5) is 0 Å². The fourth-order valence-electron chi connectivity index (χ4n) is 5.76. The fraction of sp³-hybridized carbons (Fsp3) is 0.333. The third kappa shape index (κ3) is 3.56. The van der Waals surface area contributed by atoms with Crippen LogP contribution in [-0.4, -0.2) is 39.9 Å². The number of phenolic OH excluding ortho intramolecular Hbond substituents is 1. The van der Waals surface area contributed by atoms with E-state index in [0.29, 0.717) is 30.4 Å². The molecule has 0 unspecified atom stereocenters. The number of ether oxygens (including phenoxy) is 1. The number of piperidine rings is 1. The van der Waals surface area contributed by atoms with Crippen LogP contribution in [0.5, 0.6) is 11.5 Å². The summed E-state index contributed by atoms with van der Waals surface area (Å²) in [6.45, 7) is 3.06. The molecular formula is C27H27N3O4. The number of nitrogens with zero attached hydrogens (tertiary/aromatic N) is 3. The number of pyridine rings is 1. The minimum atomic E-state index is 0.0901. The highest BCUT2D eigenvalue weighted by atomic mass is 16.5. The van der Waals surface area contributed by atoms with E-state index in [1.165, 1.54) is 0 Å². The molecule has 174 valence electrons. The van der Waals surface area contributed by atoms with Crippen molar-refractivity contribution >= 4 is 11.0 Å². The molecule has 2 aromatic carbocycles. The van der Waals surface area contributed by atoms with Gasteiger partial charge in [-0.15, -0.1) is 0 Å². The van der Waals surface area contributed by atoms with E-state index < -0.39 is 0 Å². The van der Waals surface area contributed by atoms with E-state index in [1.807, 2.05) is 41.0 Å². The maximum atomic E-state index is 12.3. The summed E-state index contributed by atoms with van der Waals surface area (Å²) in [5.74, 6) is 1.78. The van der Waals surface area contributed by atoms with Gasteiger partial charge in [-0.05, 0) is 36.6 Å². The summed E-state index contributed by atoms with van der Waals surface area (Å²) in [6, 6.07) is 17.1. The first-order valence-electron chi connectivity index (χ1n) is 11.7. The average molecular weight is 458 g/mol. The number of aromatic nitrogens is 2. The molecule has 34 heavy (non-hydrogen) atoms. The van der Waals surface area contributed by atoms with Gasteiger partial charge in [-0.25, -0.2) is 0 Å². The number of para-hydroxylation sites is 1. The first-order chi connectivity index (χ1) is 16.6. The van der Waals surface area contributed by atoms with E-state index in [0.717, 1.165) is 59.7 Å². The molecule has 1 fully saturated rings. The Morgan fingerprint density at radius 3 is 2.85 bits per heavy atom. The number of fused-ring (bicyclic) bond motifs is 5. The van der Waals surface area contributed by atoms with Gasteiger partial charge in [0.05, 0.1) is 18.4 Å². The van der Waals surface area contributed by atoms with Crippen molar-refractivity contribution in [1.82, 2.24) is 14.6 Å². The van der Waals surface area contributed by atoms with Crippen molar-refractivity contribution in [3.63, 3.8) is 0 Å². The van der Waals surface area contributed by atoms with E-state index in [1.54, 1.807) is 19.2 Å². The van der Waals surface area contributed by atoms with Crippen LogP contribution >= 0.6 is 0 Å². The van der Waals surface area contributed by atoms with Gasteiger partial charge in [0.25, 0.3) is 5.56 Å². The van der Waals surface area contributed by atoms with Crippen molar-refractivity contribution in [3.8, 4) is 11.5 Å². The Morgan fingerprint density at radius 1 is 1.09 bits per heavy atom. The summed E-state index contributed by atoms with van der Waals surface area (Å²) in [5.41, 5.74) is 4.47. The van der Waals surface area contributed by atoms with Gasteiger partial charge >= 0.3 is 0 Å². The van der Waals surface area contributed by atoms with E-state index in [2.05, 4.69) is 16.1 Å². The number of hydrogen-bond acceptors (Lipinski definition) is 6. The van der Waals surface area contributed by atoms with Crippen molar-refractivity contribution in [3.05, 3.63) is 87.5 Å². The Labute approximate surface area is 197 Å². The summed E-state index contributed by atoms with van der Waals surface area (Å²) >= 11 is 0. The Bertz CT molecular complexity index is 1420. The topological polar surface area (TPSA) is 80.7 Å². The molecule has 0 radical (unpaired) electrons. The minimum absolute atomic E-state index is 0.0901. The third-order valence-corrected chi connectivity index (χ3v) is 7.28. The third-order valence-electron chi connectivity index (χ3n) is 7.28. The zero-order chi connectivity index (χ0) is 23.2. The number of rotatable bonds is 5. The van der Waals surface area contributed by atoms with Gasteiger partial charge in [-0.1, -0.05) is 29.4 Å². The van der Waals surface area contributed by atoms with Crippen molar-refractivity contribution in [2.75, 3.05) is 20.2 Å². The molecule has 0 aliphatic carbocycles. The lowest BCUT2D eigenvalue weighted by Gasteiger charge is -2.42. The van der Waals surface area contributed by atoms with Crippen molar-refractivity contribution in [1.29, 1.82) is 0 Å². The molecule has 2 atom stereocenters. The van der Waals surface area contributed by atoms with E-state index in [4.69, 9.17) is 9.26 Å². The highest BCUT2D eigenvalue weighted by Gasteiger charge is 2.35. The molecule has 4 aromatic rings. The second-order valence-corrected chi connectivity index (χ2v) is 9.45. The van der Waals surface area contributed by atoms with Crippen LogP contribution in [0, 0.1) is 5.92 Å². The van der Waals surface area contributed by atoms with Gasteiger partial charge in [-0.2, -0.15) is 0 Å². The second-order valence-electron chi connectivity index (χ2n) is 9.45. The van der Waals surface area contributed by atoms with Crippen molar-refractivity contribution in [2.45, 2.75) is 31.8 Å². The summed E-state index contributed by atoms with van der Waals surface area (Å²) in [6.07, 6.45) is 1.68. The zero-order valence-electron chi connectivity index (χ0n) is 19.1. The van der Waals surface area contributed by atoms with Crippen LogP contribution in [-0.2, 0) is 19.5 Å². The lowest BCUT2D eigenvalue weighted by atomic mass is 9.83. The Morgan fingerprint density at radius 2 is 1.97 bits per heavy atom. The number of methoxy groups -OCH3 is 1. The van der Waals surface area contributed by atoms with Gasteiger partial charge in [0.15, 0.2) is 5.58 Å². The molecule has 0 spiro atoms. The molecule has 2 aliphatic heterocycles. The van der Waals surface area contributed by atoms with Crippen LogP contribution in [0.25, 0.3) is 11.0 Å². The maximum Gasteiger partial charge on any atom is 0.250 e. The lowest BCUT2D eigenvalue weighted by Crippen LogP contribution is -2.46. The van der Waals surface area contributed by atoms with Crippen molar-refractivity contribution < 1.29 is 14.4 Å². The quantitative estimate of drug-likeness (QED) is 0.489. The summed E-state index contributed by atoms with van der Waals surface area (Å²) < 4.78 is 13.2. The number of hydrogen-bond donors (Lipinski definition) is 1. The molecule has 7 heteroatoms. The molecule has 0 saturated carbocycles. The molecule has 2 aromatic heterocycles. The van der Waals surface area contributed by atoms with Gasteiger partial charge in [0, 0.05) is 61.2 Å². The van der Waals surface area contributed by atoms with Crippen LogP contribution in [0.3, 0.4) is 0 Å². The predicted molar refractivity (Wildman–Crippen MR) is 128 cm³/mol. The van der Waals surface area contributed by atoms with Crippen molar-refractivity contribution in [2.24, 2.45) is 5.92 Å². The first-order valence-corrected chi connectivity index (χ1v) is 11.7. The average Bonchev–Trinajstić information content (AvgIpc) is 3.25. The van der Waals surface area contributed by atoms with Gasteiger partial charge in [0.1, 0.15) is 11.5 Å². The number of likely N-dealkylation sites (tertiary alicyclic amines) is 1. The molecule has 4 heterocycles. The predicted octanol–water partition coefficient (Wildman–Crippen LogP) is 3.91. The lowest BCUT2D eigenvalue weighted by molar-refractivity contribution is 0.113. The number of aromatic hydroxyl groups is 1. The summed E-state index contributed by atoms with van der Waals surface area (Å²) in [4.78, 5) is 14.7. The number of benzene rings is 2. The van der Waals surface area contributed by atoms with Crippen LogP contribution in [0.15, 0.2) is 63.9 Å².